The lowest BCUT2D eigenvalue weighted by Crippen LogP contribution is -2.10. The summed E-state index contributed by atoms with van der Waals surface area (Å²) in [5.41, 5.74) is -0.465. The lowest BCUT2D eigenvalue weighted by Gasteiger charge is -2.11. The highest BCUT2D eigenvalue weighted by atomic mass is 35.5. The molecule has 5 nitrogen and oxygen atoms in total. The second kappa shape index (κ2) is 8.90. The van der Waals surface area contributed by atoms with E-state index >= 15 is 0 Å². The van der Waals surface area contributed by atoms with E-state index in [0.717, 1.165) is 16.5 Å². The molecule has 0 atom stereocenters. The molecular formula is C20H16ClF3N4OS. The number of hydrogen-bond acceptors (Lipinski definition) is 6. The van der Waals surface area contributed by atoms with Crippen molar-refractivity contribution in [3.8, 4) is 22.4 Å². The minimum atomic E-state index is -4.63. The van der Waals surface area contributed by atoms with E-state index in [1.165, 1.54) is 17.4 Å². The van der Waals surface area contributed by atoms with Crippen LogP contribution >= 0.6 is 22.9 Å². The maximum Gasteiger partial charge on any atom is 0.433 e. The van der Waals surface area contributed by atoms with Gasteiger partial charge < -0.3 is 10.1 Å². The van der Waals surface area contributed by atoms with Gasteiger partial charge in [0.25, 0.3) is 0 Å². The van der Waals surface area contributed by atoms with Crippen LogP contribution in [-0.4, -0.2) is 16.1 Å². The number of nitrogens with one attached hydrogen (secondary N) is 1. The number of halogens is 4. The summed E-state index contributed by atoms with van der Waals surface area (Å²) < 4.78 is 44.4. The van der Waals surface area contributed by atoms with Gasteiger partial charge in [-0.25, -0.2) is 9.97 Å². The Morgan fingerprint density at radius 1 is 1.27 bits per heavy atom. The normalized spacial score (nSPS) is 11.4. The molecule has 0 aliphatic rings. The first kappa shape index (κ1) is 21.9. The lowest BCUT2D eigenvalue weighted by atomic mass is 10.2. The van der Waals surface area contributed by atoms with E-state index < -0.39 is 11.9 Å². The Kier molecular flexibility index (Phi) is 6.48. The molecule has 0 aliphatic heterocycles. The zero-order chi connectivity index (χ0) is 21.9. The van der Waals surface area contributed by atoms with Crippen LogP contribution in [0.4, 0.5) is 18.9 Å². The third-order valence-corrected chi connectivity index (χ3v) is 5.13. The van der Waals surface area contributed by atoms with Crippen molar-refractivity contribution in [2.24, 2.45) is 0 Å². The van der Waals surface area contributed by atoms with E-state index in [9.17, 15) is 13.2 Å². The van der Waals surface area contributed by atoms with Gasteiger partial charge in [-0.3, -0.25) is 0 Å². The van der Waals surface area contributed by atoms with Crippen LogP contribution in [0.1, 0.15) is 30.1 Å². The lowest BCUT2D eigenvalue weighted by molar-refractivity contribution is -0.141. The molecule has 3 aromatic rings. The van der Waals surface area contributed by atoms with Crippen molar-refractivity contribution in [3.63, 3.8) is 0 Å². The van der Waals surface area contributed by atoms with Crippen molar-refractivity contribution in [3.05, 3.63) is 57.8 Å². The van der Waals surface area contributed by atoms with Gasteiger partial charge in [0.05, 0.1) is 17.7 Å². The molecule has 0 saturated carbocycles. The first-order valence-electron chi connectivity index (χ1n) is 8.80. The maximum absolute atomic E-state index is 12.9. The highest BCUT2D eigenvalue weighted by molar-refractivity contribution is 7.15. The summed E-state index contributed by atoms with van der Waals surface area (Å²) in [6, 6.07) is 9.16. The van der Waals surface area contributed by atoms with E-state index in [0.29, 0.717) is 15.8 Å². The van der Waals surface area contributed by atoms with Crippen LogP contribution in [0.5, 0.6) is 5.75 Å². The zero-order valence-corrected chi connectivity index (χ0v) is 17.5. The highest BCUT2D eigenvalue weighted by Gasteiger charge is 2.33. The summed E-state index contributed by atoms with van der Waals surface area (Å²) in [7, 11) is 0. The molecule has 2 aromatic heterocycles. The Morgan fingerprint density at radius 2 is 2.03 bits per heavy atom. The topological polar surface area (TPSA) is 70.8 Å². The summed E-state index contributed by atoms with van der Waals surface area (Å²) in [6.07, 6.45) is -3.00. The molecule has 0 spiro atoms. The molecule has 0 radical (unpaired) electrons. The molecule has 10 heteroatoms. The number of ether oxygens (including phenoxy) is 1. The number of anilines is 1. The second-order valence-corrected chi connectivity index (χ2v) is 8.06. The molecule has 1 N–H and O–H groups in total. The Hall–Kier alpha value is -2.83. The van der Waals surface area contributed by atoms with Gasteiger partial charge in [-0.05, 0) is 44.2 Å². The van der Waals surface area contributed by atoms with Crippen LogP contribution < -0.4 is 10.1 Å². The summed E-state index contributed by atoms with van der Waals surface area (Å²) in [5, 5.41) is 13.0. The van der Waals surface area contributed by atoms with Crippen molar-refractivity contribution in [2.75, 3.05) is 5.32 Å². The number of benzene rings is 1. The van der Waals surface area contributed by atoms with Crippen LogP contribution in [-0.2, 0) is 12.7 Å². The number of aromatic nitrogens is 2. The van der Waals surface area contributed by atoms with Crippen molar-refractivity contribution in [2.45, 2.75) is 32.7 Å². The van der Waals surface area contributed by atoms with Gasteiger partial charge in [0, 0.05) is 22.3 Å². The first-order chi connectivity index (χ1) is 14.2. The van der Waals surface area contributed by atoms with Gasteiger partial charge in [0.2, 0.25) is 0 Å². The molecule has 0 fully saturated rings. The average molecular weight is 453 g/mol. The van der Waals surface area contributed by atoms with E-state index in [4.69, 9.17) is 21.6 Å². The molecule has 0 unspecified atom stereocenters. The highest BCUT2D eigenvalue weighted by Crippen LogP contribution is 2.33. The number of alkyl halides is 3. The number of hydrogen-bond donors (Lipinski definition) is 1. The SMILES string of the molecule is CC(C)Oc1ccc(-c2ncc(CNc3cc(C#N)nc(C(F)(F)F)c3)s2)cc1Cl. The molecule has 0 bridgehead atoms. The minimum Gasteiger partial charge on any atom is -0.489 e. The maximum atomic E-state index is 12.9. The quantitative estimate of drug-likeness (QED) is 0.485. The Labute approximate surface area is 180 Å². The minimum absolute atomic E-state index is 0.00140. The fourth-order valence-electron chi connectivity index (χ4n) is 2.53. The number of nitriles is 1. The summed E-state index contributed by atoms with van der Waals surface area (Å²) in [4.78, 5) is 8.45. The van der Waals surface area contributed by atoms with Gasteiger partial charge in [0.15, 0.2) is 0 Å². The molecule has 156 valence electrons. The monoisotopic (exact) mass is 452 g/mol. The molecular weight excluding hydrogens is 437 g/mol. The second-order valence-electron chi connectivity index (χ2n) is 6.53. The Balaban J connectivity index is 1.74. The molecule has 1 aromatic carbocycles. The van der Waals surface area contributed by atoms with Crippen LogP contribution in [0.3, 0.4) is 0 Å². The van der Waals surface area contributed by atoms with Gasteiger partial charge in [0.1, 0.15) is 28.2 Å². The number of pyridine rings is 1. The smallest absolute Gasteiger partial charge is 0.433 e. The van der Waals surface area contributed by atoms with Gasteiger partial charge in [-0.1, -0.05) is 11.6 Å². The fraction of sp³-hybridized carbons (Fsp3) is 0.250. The van der Waals surface area contributed by atoms with Gasteiger partial charge in [-0.15, -0.1) is 11.3 Å². The van der Waals surface area contributed by atoms with Crippen molar-refractivity contribution >= 4 is 28.6 Å². The van der Waals surface area contributed by atoms with Crippen LogP contribution in [0, 0.1) is 11.3 Å². The standard InChI is InChI=1S/C20H16ClF3N4OS/c1-11(2)29-17-4-3-12(5-16(17)21)19-27-10-15(30-19)9-26-13-6-14(8-25)28-18(7-13)20(22,23)24/h3-7,10-11H,9H2,1-2H3,(H,26,28). The van der Waals surface area contributed by atoms with Crippen molar-refractivity contribution in [1.82, 2.24) is 9.97 Å². The van der Waals surface area contributed by atoms with E-state index in [-0.39, 0.29) is 24.0 Å². The van der Waals surface area contributed by atoms with Gasteiger partial charge in [-0.2, -0.15) is 18.4 Å². The average Bonchev–Trinajstić information content (AvgIpc) is 3.15. The largest absolute Gasteiger partial charge is 0.489 e. The van der Waals surface area contributed by atoms with Crippen molar-refractivity contribution < 1.29 is 17.9 Å². The Morgan fingerprint density at radius 3 is 2.67 bits per heavy atom. The molecule has 2 heterocycles. The fourth-order valence-corrected chi connectivity index (χ4v) is 3.60. The van der Waals surface area contributed by atoms with E-state index in [1.54, 1.807) is 24.4 Å². The molecule has 3 rings (SSSR count). The van der Waals surface area contributed by atoms with E-state index in [1.807, 2.05) is 19.9 Å². The third kappa shape index (κ3) is 5.40. The summed E-state index contributed by atoms with van der Waals surface area (Å²) in [6.45, 7) is 4.06. The molecule has 30 heavy (non-hydrogen) atoms. The summed E-state index contributed by atoms with van der Waals surface area (Å²) in [5.74, 6) is 0.584. The van der Waals surface area contributed by atoms with Crippen molar-refractivity contribution in [1.29, 1.82) is 5.26 Å². The van der Waals surface area contributed by atoms with E-state index in [2.05, 4.69) is 15.3 Å². The summed E-state index contributed by atoms with van der Waals surface area (Å²) >= 11 is 7.64. The predicted octanol–water partition coefficient (Wildman–Crippen LogP) is 6.15. The Bertz CT molecular complexity index is 1090. The van der Waals surface area contributed by atoms with Gasteiger partial charge >= 0.3 is 6.18 Å². The molecule has 0 saturated heterocycles. The van der Waals surface area contributed by atoms with Crippen LogP contribution in [0.2, 0.25) is 5.02 Å². The number of thiazole rings is 1. The molecule has 0 aliphatic carbocycles. The number of nitrogens with zero attached hydrogens (tertiary/aromatic N) is 3. The van der Waals surface area contributed by atoms with Crippen LogP contribution in [0.25, 0.3) is 10.6 Å². The third-order valence-electron chi connectivity index (χ3n) is 3.79. The zero-order valence-electron chi connectivity index (χ0n) is 15.9. The first-order valence-corrected chi connectivity index (χ1v) is 9.99. The van der Waals surface area contributed by atoms with Crippen LogP contribution in [0.15, 0.2) is 36.5 Å². The number of rotatable bonds is 6. The molecule has 0 amide bonds. The predicted molar refractivity (Wildman–Crippen MR) is 110 cm³/mol.